The molecule has 0 spiro atoms. The number of nitrogens with one attached hydrogen (secondary N) is 1. The normalized spacial score (nSPS) is 23.4. The molecule has 0 radical (unpaired) electrons. The first kappa shape index (κ1) is 17.8. The van der Waals surface area contributed by atoms with Crippen LogP contribution in [0.2, 0.25) is 0 Å². The first-order chi connectivity index (χ1) is 12.8. The fourth-order valence-electron chi connectivity index (χ4n) is 4.53. The summed E-state index contributed by atoms with van der Waals surface area (Å²) in [7, 11) is 0. The first-order valence-electron chi connectivity index (χ1n) is 9.82. The van der Waals surface area contributed by atoms with Crippen molar-refractivity contribution in [2.45, 2.75) is 51.1 Å². The second-order valence-electron chi connectivity index (χ2n) is 8.51. The smallest absolute Gasteiger partial charge is 0.223 e. The average molecular weight is 361 g/mol. The number of hydrogen-bond acceptors (Lipinski definition) is 2. The van der Waals surface area contributed by atoms with Gasteiger partial charge >= 0.3 is 0 Å². The Kier molecular flexibility index (Phi) is 4.14. The Labute approximate surface area is 162 Å². The molecule has 0 aromatic heterocycles. The minimum Gasteiger partial charge on any atom is -0.344 e. The van der Waals surface area contributed by atoms with Crippen molar-refractivity contribution in [3.63, 3.8) is 0 Å². The molecule has 2 aromatic carbocycles. The topological polar surface area (TPSA) is 32.3 Å². The van der Waals surface area contributed by atoms with Crippen LogP contribution in [0.15, 0.2) is 54.6 Å². The van der Waals surface area contributed by atoms with E-state index < -0.39 is 5.66 Å². The molecule has 2 heterocycles. The monoisotopic (exact) mass is 360 g/mol. The van der Waals surface area contributed by atoms with E-state index in [1.165, 1.54) is 16.8 Å². The Balaban J connectivity index is 1.77. The van der Waals surface area contributed by atoms with Crippen LogP contribution in [0.4, 0.5) is 5.69 Å². The van der Waals surface area contributed by atoms with E-state index in [1.807, 2.05) is 0 Å². The summed E-state index contributed by atoms with van der Waals surface area (Å²) in [6, 6.07) is 17.2. The van der Waals surface area contributed by atoms with Crippen LogP contribution in [-0.4, -0.2) is 18.1 Å². The average Bonchev–Trinajstić information content (AvgIpc) is 2.85. The van der Waals surface area contributed by atoms with Crippen molar-refractivity contribution in [3.05, 3.63) is 71.3 Å². The van der Waals surface area contributed by atoms with Gasteiger partial charge in [-0.25, -0.2) is 0 Å². The number of nitrogens with zero attached hydrogens (tertiary/aromatic N) is 1. The van der Waals surface area contributed by atoms with Crippen LogP contribution >= 0.6 is 0 Å². The van der Waals surface area contributed by atoms with Crippen LogP contribution in [0.1, 0.15) is 56.7 Å². The largest absolute Gasteiger partial charge is 0.344 e. The highest BCUT2D eigenvalue weighted by molar-refractivity contribution is 5.84. The summed E-state index contributed by atoms with van der Waals surface area (Å²) in [4.78, 5) is 14.8. The van der Waals surface area contributed by atoms with Crippen molar-refractivity contribution in [1.29, 1.82) is 0 Å². The number of amides is 1. The second kappa shape index (κ2) is 6.26. The van der Waals surface area contributed by atoms with Crippen molar-refractivity contribution < 1.29 is 4.79 Å². The van der Waals surface area contributed by atoms with Crippen LogP contribution in [0.3, 0.4) is 0 Å². The first-order valence-corrected chi connectivity index (χ1v) is 9.82. The maximum Gasteiger partial charge on any atom is 0.223 e. The highest BCUT2D eigenvalue weighted by Gasteiger charge is 2.57. The molecule has 0 aliphatic carbocycles. The predicted molar refractivity (Wildman–Crippen MR) is 112 cm³/mol. The number of carbonyl (C=O) groups excluding carboxylic acids is 1. The minimum absolute atomic E-state index is 0.118. The van der Waals surface area contributed by atoms with Gasteiger partial charge in [0.1, 0.15) is 5.66 Å². The molecule has 1 fully saturated rings. The van der Waals surface area contributed by atoms with Crippen molar-refractivity contribution in [2.75, 3.05) is 11.4 Å². The number of rotatable bonds is 3. The zero-order valence-corrected chi connectivity index (χ0v) is 16.6. The van der Waals surface area contributed by atoms with Gasteiger partial charge in [0, 0.05) is 24.1 Å². The van der Waals surface area contributed by atoms with Crippen molar-refractivity contribution >= 4 is 17.7 Å². The Bertz CT molecular complexity index is 895. The molecule has 27 heavy (non-hydrogen) atoms. The number of anilines is 1. The minimum atomic E-state index is -0.539. The van der Waals surface area contributed by atoms with Crippen LogP contribution in [0, 0.1) is 0 Å². The van der Waals surface area contributed by atoms with Crippen LogP contribution < -0.4 is 10.2 Å². The number of para-hydroxylation sites is 1. The third kappa shape index (κ3) is 2.68. The van der Waals surface area contributed by atoms with E-state index in [1.54, 1.807) is 0 Å². The van der Waals surface area contributed by atoms with Gasteiger partial charge in [-0.3, -0.25) is 4.79 Å². The standard InChI is InChI=1S/C24H28N2O/c1-17(2)19-11-9-18(10-12-19)13-15-24-23(3,4)20-7-5-6-8-21(20)26(24)16-14-22(27)25-24/h5-13,15,17H,14,16H2,1-4H3,(H,25,27)/b15-13-/t24-/m1/s1. The summed E-state index contributed by atoms with van der Waals surface area (Å²) >= 11 is 0. The molecule has 0 unspecified atom stereocenters. The fraction of sp³-hybridized carbons (Fsp3) is 0.375. The molecule has 1 saturated heterocycles. The highest BCUT2D eigenvalue weighted by Crippen LogP contribution is 2.52. The molecule has 2 aromatic rings. The molecule has 1 amide bonds. The lowest BCUT2D eigenvalue weighted by atomic mass is 9.74. The van der Waals surface area contributed by atoms with Gasteiger partial charge in [0.25, 0.3) is 0 Å². The van der Waals surface area contributed by atoms with E-state index in [0.717, 1.165) is 12.1 Å². The molecule has 0 saturated carbocycles. The molecular formula is C24H28N2O. The van der Waals surface area contributed by atoms with Gasteiger partial charge < -0.3 is 10.2 Å². The number of benzene rings is 2. The molecule has 140 valence electrons. The van der Waals surface area contributed by atoms with E-state index >= 15 is 0 Å². The number of carbonyl (C=O) groups is 1. The second-order valence-corrected chi connectivity index (χ2v) is 8.51. The summed E-state index contributed by atoms with van der Waals surface area (Å²) in [5.41, 5.74) is 4.23. The van der Waals surface area contributed by atoms with E-state index in [9.17, 15) is 4.79 Å². The highest BCUT2D eigenvalue weighted by atomic mass is 16.2. The summed E-state index contributed by atoms with van der Waals surface area (Å²) in [5.74, 6) is 0.643. The van der Waals surface area contributed by atoms with E-state index in [2.05, 4.69) is 98.6 Å². The molecule has 1 N–H and O–H groups in total. The maximum atomic E-state index is 12.4. The molecule has 4 rings (SSSR count). The summed E-state index contributed by atoms with van der Waals surface area (Å²) < 4.78 is 0. The summed E-state index contributed by atoms with van der Waals surface area (Å²) in [6.07, 6.45) is 4.87. The van der Waals surface area contributed by atoms with Gasteiger partial charge in [0.05, 0.1) is 0 Å². The van der Waals surface area contributed by atoms with Crippen molar-refractivity contribution in [2.24, 2.45) is 0 Å². The molecule has 2 aliphatic heterocycles. The Morgan fingerprint density at radius 2 is 1.78 bits per heavy atom. The van der Waals surface area contributed by atoms with Gasteiger partial charge in [-0.1, -0.05) is 76.2 Å². The molecule has 0 bridgehead atoms. The Hall–Kier alpha value is -2.55. The Morgan fingerprint density at radius 1 is 1.07 bits per heavy atom. The SMILES string of the molecule is CC(C)c1ccc(/C=C\[C@@]23NC(=O)CCN2c2ccccc2C3(C)C)cc1. The zero-order chi connectivity index (χ0) is 19.2. The lowest BCUT2D eigenvalue weighted by Gasteiger charge is -2.49. The van der Waals surface area contributed by atoms with Gasteiger partial charge in [0.2, 0.25) is 5.91 Å². The quantitative estimate of drug-likeness (QED) is 0.850. The van der Waals surface area contributed by atoms with Crippen LogP contribution in [-0.2, 0) is 10.2 Å². The van der Waals surface area contributed by atoms with Gasteiger partial charge in [-0.05, 0) is 34.8 Å². The van der Waals surface area contributed by atoms with Gasteiger partial charge in [0.15, 0.2) is 0 Å². The predicted octanol–water partition coefficient (Wildman–Crippen LogP) is 4.84. The fourth-order valence-corrected chi connectivity index (χ4v) is 4.53. The molecule has 2 aliphatic rings. The third-order valence-corrected chi connectivity index (χ3v) is 6.26. The van der Waals surface area contributed by atoms with Gasteiger partial charge in [-0.2, -0.15) is 0 Å². The molecule has 3 heteroatoms. The molecule has 3 nitrogen and oxygen atoms in total. The van der Waals surface area contributed by atoms with E-state index in [4.69, 9.17) is 0 Å². The van der Waals surface area contributed by atoms with Crippen LogP contribution in [0.25, 0.3) is 6.08 Å². The van der Waals surface area contributed by atoms with E-state index in [0.29, 0.717) is 12.3 Å². The lowest BCUT2D eigenvalue weighted by Crippen LogP contribution is -2.68. The molecule has 1 atom stereocenters. The van der Waals surface area contributed by atoms with Gasteiger partial charge in [-0.15, -0.1) is 0 Å². The number of fused-ring (bicyclic) bond motifs is 3. The van der Waals surface area contributed by atoms with E-state index in [-0.39, 0.29) is 11.3 Å². The number of hydrogen-bond donors (Lipinski definition) is 1. The Morgan fingerprint density at radius 3 is 2.48 bits per heavy atom. The van der Waals surface area contributed by atoms with Crippen LogP contribution in [0.5, 0.6) is 0 Å². The maximum absolute atomic E-state index is 12.4. The molecular weight excluding hydrogens is 332 g/mol. The van der Waals surface area contributed by atoms with Crippen molar-refractivity contribution in [1.82, 2.24) is 5.32 Å². The summed E-state index contributed by atoms with van der Waals surface area (Å²) in [5, 5.41) is 3.33. The summed E-state index contributed by atoms with van der Waals surface area (Å²) in [6.45, 7) is 9.60. The third-order valence-electron chi connectivity index (χ3n) is 6.26. The zero-order valence-electron chi connectivity index (χ0n) is 16.6. The van der Waals surface area contributed by atoms with Crippen molar-refractivity contribution in [3.8, 4) is 0 Å². The lowest BCUT2D eigenvalue weighted by molar-refractivity contribution is -0.124.